The molecule has 1 heterocycles. The molecule has 0 aromatic heterocycles. The molecule has 0 radical (unpaired) electrons. The molecule has 1 fully saturated rings. The molecule has 0 unspecified atom stereocenters. The lowest BCUT2D eigenvalue weighted by atomic mass is 10.2. The molecule has 1 saturated heterocycles. The Morgan fingerprint density at radius 1 is 1.03 bits per heavy atom. The molecular weight excluding hydrogens is 426 g/mol. The Hall–Kier alpha value is -2.56. The van der Waals surface area contributed by atoms with Crippen molar-refractivity contribution in [2.24, 2.45) is 0 Å². The number of halogens is 2. The molecule has 2 aromatic carbocycles. The summed E-state index contributed by atoms with van der Waals surface area (Å²) in [7, 11) is -3.78. The lowest BCUT2D eigenvalue weighted by Crippen LogP contribution is -2.48. The van der Waals surface area contributed by atoms with Gasteiger partial charge in [-0.1, -0.05) is 6.92 Å². The summed E-state index contributed by atoms with van der Waals surface area (Å²) < 4.78 is 53.7. The van der Waals surface area contributed by atoms with Gasteiger partial charge in [-0.3, -0.25) is 9.69 Å². The summed E-state index contributed by atoms with van der Waals surface area (Å²) in [6.07, 6.45) is 0. The number of anilines is 1. The zero-order valence-electron chi connectivity index (χ0n) is 17.3. The van der Waals surface area contributed by atoms with Crippen LogP contribution in [-0.4, -0.2) is 65.0 Å². The first kappa shape index (κ1) is 23.1. The summed E-state index contributed by atoms with van der Waals surface area (Å²) in [5.41, 5.74) is 0.664. The van der Waals surface area contributed by atoms with Gasteiger partial charge >= 0.3 is 0 Å². The third-order valence-corrected chi connectivity index (χ3v) is 6.65. The topological polar surface area (TPSA) is 81.7 Å². The van der Waals surface area contributed by atoms with E-state index in [-0.39, 0.29) is 22.8 Å². The minimum absolute atomic E-state index is 0.155. The van der Waals surface area contributed by atoms with Crippen LogP contribution in [0.1, 0.15) is 17.3 Å². The van der Waals surface area contributed by atoms with Gasteiger partial charge in [0.05, 0.1) is 10.5 Å². The monoisotopic (exact) mass is 452 g/mol. The highest BCUT2D eigenvalue weighted by molar-refractivity contribution is 7.89. The Morgan fingerprint density at radius 3 is 2.35 bits per heavy atom. The summed E-state index contributed by atoms with van der Waals surface area (Å²) in [6, 6.07) is 9.54. The number of piperazine rings is 1. The van der Waals surface area contributed by atoms with E-state index in [1.165, 1.54) is 12.1 Å². The SMILES string of the molecule is CCNS(=O)(=O)c1ccc(F)c(C(=O)NCCN2CCN(c3ccc(F)cc3)CC2)c1. The standard InChI is InChI=1S/C21H26F2N4O3S/c1-2-25-31(29,30)18-7-8-20(23)19(15-18)21(28)24-9-10-26-11-13-27(14-12-26)17-5-3-16(22)4-6-17/h3-8,15,25H,2,9-14H2,1H3,(H,24,28). The highest BCUT2D eigenvalue weighted by Gasteiger charge is 2.20. The second-order valence-electron chi connectivity index (χ2n) is 7.20. The maximum absolute atomic E-state index is 14.1. The minimum Gasteiger partial charge on any atom is -0.369 e. The molecule has 1 aliphatic rings. The maximum Gasteiger partial charge on any atom is 0.254 e. The van der Waals surface area contributed by atoms with Crippen LogP contribution in [0.25, 0.3) is 0 Å². The van der Waals surface area contributed by atoms with E-state index in [1.54, 1.807) is 19.1 Å². The molecular formula is C21H26F2N4O3S. The van der Waals surface area contributed by atoms with E-state index < -0.39 is 21.7 Å². The maximum atomic E-state index is 14.1. The molecule has 31 heavy (non-hydrogen) atoms. The summed E-state index contributed by atoms with van der Waals surface area (Å²) in [5, 5.41) is 2.66. The predicted molar refractivity (Wildman–Crippen MR) is 115 cm³/mol. The summed E-state index contributed by atoms with van der Waals surface area (Å²) in [6.45, 7) is 5.82. The molecule has 3 rings (SSSR count). The van der Waals surface area contributed by atoms with Crippen LogP contribution in [0.3, 0.4) is 0 Å². The molecule has 0 atom stereocenters. The lowest BCUT2D eigenvalue weighted by Gasteiger charge is -2.36. The largest absolute Gasteiger partial charge is 0.369 e. The minimum atomic E-state index is -3.78. The molecule has 168 valence electrons. The van der Waals surface area contributed by atoms with Gasteiger partial charge in [0.25, 0.3) is 5.91 Å². The van der Waals surface area contributed by atoms with Crippen LogP contribution in [0.4, 0.5) is 14.5 Å². The van der Waals surface area contributed by atoms with Gasteiger partial charge in [0.15, 0.2) is 0 Å². The summed E-state index contributed by atoms with van der Waals surface area (Å²) in [4.78, 5) is 16.6. The van der Waals surface area contributed by atoms with E-state index in [4.69, 9.17) is 0 Å². The number of hydrogen-bond acceptors (Lipinski definition) is 5. The number of benzene rings is 2. The Balaban J connectivity index is 1.50. The molecule has 7 nitrogen and oxygen atoms in total. The third kappa shape index (κ3) is 5.99. The van der Waals surface area contributed by atoms with Crippen LogP contribution in [0, 0.1) is 11.6 Å². The zero-order chi connectivity index (χ0) is 22.4. The van der Waals surface area contributed by atoms with E-state index in [0.717, 1.165) is 50.1 Å². The van der Waals surface area contributed by atoms with Crippen LogP contribution in [0.15, 0.2) is 47.4 Å². The van der Waals surface area contributed by atoms with Crippen LogP contribution >= 0.6 is 0 Å². The van der Waals surface area contributed by atoms with Gasteiger partial charge in [0.2, 0.25) is 10.0 Å². The number of nitrogens with one attached hydrogen (secondary N) is 2. The van der Waals surface area contributed by atoms with Gasteiger partial charge in [0.1, 0.15) is 11.6 Å². The van der Waals surface area contributed by atoms with Gasteiger partial charge in [-0.2, -0.15) is 0 Å². The molecule has 0 spiro atoms. The van der Waals surface area contributed by atoms with Crippen molar-refractivity contribution >= 4 is 21.6 Å². The fraction of sp³-hybridized carbons (Fsp3) is 0.381. The Labute approximate surface area is 181 Å². The van der Waals surface area contributed by atoms with Crippen LogP contribution in [-0.2, 0) is 10.0 Å². The van der Waals surface area contributed by atoms with Crippen molar-refractivity contribution in [3.05, 3.63) is 59.7 Å². The molecule has 1 amide bonds. The summed E-state index contributed by atoms with van der Waals surface area (Å²) in [5.74, 6) is -1.70. The van der Waals surface area contributed by atoms with Gasteiger partial charge < -0.3 is 10.2 Å². The van der Waals surface area contributed by atoms with Gasteiger partial charge in [-0.05, 0) is 42.5 Å². The highest BCUT2D eigenvalue weighted by atomic mass is 32.2. The number of carbonyl (C=O) groups is 1. The first-order chi connectivity index (χ1) is 14.8. The average molecular weight is 453 g/mol. The zero-order valence-corrected chi connectivity index (χ0v) is 18.1. The smallest absolute Gasteiger partial charge is 0.254 e. The van der Waals surface area contributed by atoms with E-state index in [9.17, 15) is 22.0 Å². The van der Waals surface area contributed by atoms with Gasteiger partial charge in [-0.25, -0.2) is 21.9 Å². The van der Waals surface area contributed by atoms with E-state index in [2.05, 4.69) is 19.8 Å². The van der Waals surface area contributed by atoms with E-state index in [1.807, 2.05) is 0 Å². The molecule has 2 N–H and O–H groups in total. The quantitative estimate of drug-likeness (QED) is 0.639. The van der Waals surface area contributed by atoms with Gasteiger partial charge in [0, 0.05) is 51.5 Å². The van der Waals surface area contributed by atoms with E-state index in [0.29, 0.717) is 13.1 Å². The predicted octanol–water partition coefficient (Wildman–Crippen LogP) is 1.82. The van der Waals surface area contributed by atoms with Crippen molar-refractivity contribution in [3.63, 3.8) is 0 Å². The number of rotatable bonds is 8. The Bertz CT molecular complexity index is 1010. The molecule has 2 aromatic rings. The lowest BCUT2D eigenvalue weighted by molar-refractivity contribution is 0.0943. The number of sulfonamides is 1. The number of hydrogen-bond donors (Lipinski definition) is 2. The number of carbonyl (C=O) groups excluding carboxylic acids is 1. The fourth-order valence-corrected chi connectivity index (χ4v) is 4.49. The van der Waals surface area contributed by atoms with Crippen molar-refractivity contribution in [2.75, 3.05) is 50.7 Å². The first-order valence-corrected chi connectivity index (χ1v) is 11.6. The molecule has 0 saturated carbocycles. The van der Waals surface area contributed by atoms with Crippen LogP contribution in [0.2, 0.25) is 0 Å². The number of amides is 1. The molecule has 0 aliphatic carbocycles. The average Bonchev–Trinajstić information content (AvgIpc) is 2.75. The summed E-state index contributed by atoms with van der Waals surface area (Å²) >= 11 is 0. The van der Waals surface area contributed by atoms with E-state index >= 15 is 0 Å². The van der Waals surface area contributed by atoms with Crippen LogP contribution in [0.5, 0.6) is 0 Å². The van der Waals surface area contributed by atoms with Crippen LogP contribution < -0.4 is 14.9 Å². The Kier molecular flexibility index (Phi) is 7.58. The van der Waals surface area contributed by atoms with Crippen molar-refractivity contribution in [1.82, 2.24) is 14.9 Å². The number of nitrogens with zero attached hydrogens (tertiary/aromatic N) is 2. The van der Waals surface area contributed by atoms with Crippen molar-refractivity contribution in [3.8, 4) is 0 Å². The molecule has 10 heteroatoms. The highest BCUT2D eigenvalue weighted by Crippen LogP contribution is 2.17. The van der Waals surface area contributed by atoms with Crippen molar-refractivity contribution in [2.45, 2.75) is 11.8 Å². The van der Waals surface area contributed by atoms with Gasteiger partial charge in [-0.15, -0.1) is 0 Å². The van der Waals surface area contributed by atoms with Crippen molar-refractivity contribution < 1.29 is 22.0 Å². The molecule has 1 aliphatic heterocycles. The first-order valence-electron chi connectivity index (χ1n) is 10.1. The van der Waals surface area contributed by atoms with Crippen molar-refractivity contribution in [1.29, 1.82) is 0 Å². The Morgan fingerprint density at radius 2 is 1.71 bits per heavy atom. The third-order valence-electron chi connectivity index (χ3n) is 5.10. The second-order valence-corrected chi connectivity index (χ2v) is 8.97. The second kappa shape index (κ2) is 10.2. The molecule has 0 bridgehead atoms. The normalized spacial score (nSPS) is 15.1. The fourth-order valence-electron chi connectivity index (χ4n) is 3.42.